The largest absolute Gasteiger partial charge is 0.465 e. The van der Waals surface area contributed by atoms with Crippen molar-refractivity contribution in [3.63, 3.8) is 0 Å². The molecule has 0 N–H and O–H groups in total. The molecule has 0 spiro atoms. The van der Waals surface area contributed by atoms with E-state index >= 15 is 0 Å². The number of benzene rings is 1. The van der Waals surface area contributed by atoms with Crippen molar-refractivity contribution in [2.24, 2.45) is 0 Å². The van der Waals surface area contributed by atoms with Crippen LogP contribution in [0.15, 0.2) is 41.1 Å². The number of esters is 1. The van der Waals surface area contributed by atoms with Gasteiger partial charge in [0.05, 0.1) is 24.4 Å². The lowest BCUT2D eigenvalue weighted by molar-refractivity contribution is 0.0599. The van der Waals surface area contributed by atoms with Crippen LogP contribution in [0.25, 0.3) is 11.1 Å². The number of carbonyl (C=O) groups excluding carboxylic acids is 1. The number of rotatable bonds is 2. The second-order valence-electron chi connectivity index (χ2n) is 6.31. The lowest BCUT2D eigenvalue weighted by Gasteiger charge is -2.30. The minimum atomic E-state index is -0.354. The van der Waals surface area contributed by atoms with Gasteiger partial charge >= 0.3 is 5.97 Å². The summed E-state index contributed by atoms with van der Waals surface area (Å²) < 4.78 is 10.8. The number of hydrogen-bond acceptors (Lipinski definition) is 6. The zero-order valence-corrected chi connectivity index (χ0v) is 13.7. The standard InChI is InChI=1S/C18H17N3O3/c1-18(2)13-6-4-5-11(16(22)23-3)12(13)10-21(18)17-20-14-9-19-8-7-15(14)24-17/h4-9H,10H2,1-3H3. The van der Waals surface area contributed by atoms with E-state index in [0.29, 0.717) is 29.2 Å². The fourth-order valence-electron chi connectivity index (χ4n) is 3.32. The predicted octanol–water partition coefficient (Wildman–Crippen LogP) is 3.26. The molecule has 2 aromatic heterocycles. The molecule has 0 bridgehead atoms. The van der Waals surface area contributed by atoms with Crippen molar-refractivity contribution < 1.29 is 13.9 Å². The van der Waals surface area contributed by atoms with E-state index in [2.05, 4.69) is 28.7 Å². The van der Waals surface area contributed by atoms with Gasteiger partial charge in [0.15, 0.2) is 5.58 Å². The normalized spacial score (nSPS) is 15.5. The van der Waals surface area contributed by atoms with Gasteiger partial charge in [-0.1, -0.05) is 12.1 Å². The van der Waals surface area contributed by atoms with Crippen LogP contribution in [0.4, 0.5) is 6.01 Å². The van der Waals surface area contributed by atoms with Gasteiger partial charge in [0.2, 0.25) is 0 Å². The summed E-state index contributed by atoms with van der Waals surface area (Å²) in [6, 6.07) is 8.02. The number of ether oxygens (including phenoxy) is 1. The van der Waals surface area contributed by atoms with Crippen LogP contribution >= 0.6 is 0 Å². The lowest BCUT2D eigenvalue weighted by atomic mass is 9.92. The minimum Gasteiger partial charge on any atom is -0.465 e. The summed E-state index contributed by atoms with van der Waals surface area (Å²) in [7, 11) is 1.40. The van der Waals surface area contributed by atoms with Gasteiger partial charge in [-0.25, -0.2) is 4.79 Å². The minimum absolute atomic E-state index is 0.328. The number of pyridine rings is 1. The molecule has 1 aliphatic rings. The SMILES string of the molecule is COC(=O)c1cccc2c1CN(c1nc3cnccc3o1)C2(C)C. The molecule has 3 heterocycles. The first-order valence-corrected chi connectivity index (χ1v) is 7.71. The Hall–Kier alpha value is -2.89. The van der Waals surface area contributed by atoms with Crippen LogP contribution in [-0.2, 0) is 16.8 Å². The van der Waals surface area contributed by atoms with E-state index in [1.165, 1.54) is 7.11 Å². The van der Waals surface area contributed by atoms with Gasteiger partial charge in [-0.05, 0) is 31.0 Å². The number of anilines is 1. The number of fused-ring (bicyclic) bond motifs is 2. The molecule has 0 saturated carbocycles. The Kier molecular flexibility index (Phi) is 3.09. The summed E-state index contributed by atoms with van der Waals surface area (Å²) in [6.45, 7) is 4.72. The van der Waals surface area contributed by atoms with Crippen molar-refractivity contribution in [1.82, 2.24) is 9.97 Å². The Morgan fingerprint density at radius 3 is 2.92 bits per heavy atom. The van der Waals surface area contributed by atoms with Crippen molar-refractivity contribution in [2.75, 3.05) is 12.0 Å². The van der Waals surface area contributed by atoms with Crippen molar-refractivity contribution in [3.05, 3.63) is 53.3 Å². The molecular weight excluding hydrogens is 306 g/mol. The van der Waals surface area contributed by atoms with Crippen LogP contribution in [0, 0.1) is 0 Å². The van der Waals surface area contributed by atoms with Crippen LogP contribution in [0.1, 0.15) is 35.3 Å². The fourth-order valence-corrected chi connectivity index (χ4v) is 3.32. The molecule has 24 heavy (non-hydrogen) atoms. The molecule has 0 radical (unpaired) electrons. The summed E-state index contributed by atoms with van der Waals surface area (Å²) in [4.78, 5) is 22.8. The molecule has 0 aliphatic carbocycles. The second kappa shape index (κ2) is 5.06. The van der Waals surface area contributed by atoms with E-state index in [4.69, 9.17) is 9.15 Å². The molecule has 0 amide bonds. The van der Waals surface area contributed by atoms with Crippen molar-refractivity contribution in [1.29, 1.82) is 0 Å². The van der Waals surface area contributed by atoms with Gasteiger partial charge in [-0.3, -0.25) is 4.98 Å². The number of hydrogen-bond donors (Lipinski definition) is 0. The third kappa shape index (κ3) is 1.99. The Morgan fingerprint density at radius 1 is 1.33 bits per heavy atom. The molecule has 0 saturated heterocycles. The molecule has 1 aliphatic heterocycles. The third-order valence-corrected chi connectivity index (χ3v) is 4.64. The summed E-state index contributed by atoms with van der Waals surface area (Å²) in [5.74, 6) is -0.328. The zero-order chi connectivity index (χ0) is 16.9. The molecule has 0 fully saturated rings. The number of nitrogens with zero attached hydrogens (tertiary/aromatic N) is 3. The predicted molar refractivity (Wildman–Crippen MR) is 88.8 cm³/mol. The second-order valence-corrected chi connectivity index (χ2v) is 6.31. The maximum Gasteiger partial charge on any atom is 0.338 e. The van der Waals surface area contributed by atoms with Crippen LogP contribution in [-0.4, -0.2) is 23.0 Å². The van der Waals surface area contributed by atoms with Crippen LogP contribution in [0.2, 0.25) is 0 Å². The summed E-state index contributed by atoms with van der Waals surface area (Å²) in [5.41, 5.74) is 3.67. The maximum absolute atomic E-state index is 12.1. The van der Waals surface area contributed by atoms with Crippen molar-refractivity contribution >= 4 is 23.1 Å². The smallest absolute Gasteiger partial charge is 0.338 e. The third-order valence-electron chi connectivity index (χ3n) is 4.64. The molecule has 0 unspecified atom stereocenters. The highest BCUT2D eigenvalue weighted by atomic mass is 16.5. The average Bonchev–Trinajstić information content (AvgIpc) is 3.12. The first-order valence-electron chi connectivity index (χ1n) is 7.71. The van der Waals surface area contributed by atoms with Gasteiger partial charge < -0.3 is 14.1 Å². The monoisotopic (exact) mass is 323 g/mol. The van der Waals surface area contributed by atoms with Gasteiger partial charge in [0.25, 0.3) is 6.01 Å². The van der Waals surface area contributed by atoms with Gasteiger partial charge in [0, 0.05) is 18.8 Å². The van der Waals surface area contributed by atoms with E-state index in [9.17, 15) is 4.79 Å². The van der Waals surface area contributed by atoms with Gasteiger partial charge in [-0.15, -0.1) is 0 Å². The van der Waals surface area contributed by atoms with Crippen LogP contribution in [0.3, 0.4) is 0 Å². The van der Waals surface area contributed by atoms with Crippen molar-refractivity contribution in [3.8, 4) is 0 Å². The Balaban J connectivity index is 1.83. The van der Waals surface area contributed by atoms with E-state index in [1.807, 2.05) is 12.1 Å². The average molecular weight is 323 g/mol. The molecule has 6 nitrogen and oxygen atoms in total. The molecule has 4 rings (SSSR count). The molecule has 3 aromatic rings. The number of aromatic nitrogens is 2. The summed E-state index contributed by atoms with van der Waals surface area (Å²) >= 11 is 0. The fraction of sp³-hybridized carbons (Fsp3) is 0.278. The maximum atomic E-state index is 12.1. The first kappa shape index (κ1) is 14.7. The molecular formula is C18H17N3O3. The quantitative estimate of drug-likeness (QED) is 0.674. The Morgan fingerprint density at radius 2 is 2.17 bits per heavy atom. The van der Waals surface area contributed by atoms with Crippen LogP contribution < -0.4 is 4.90 Å². The zero-order valence-electron chi connectivity index (χ0n) is 13.7. The van der Waals surface area contributed by atoms with E-state index < -0.39 is 0 Å². The molecule has 6 heteroatoms. The summed E-state index contributed by atoms with van der Waals surface area (Å²) in [6.07, 6.45) is 3.36. The van der Waals surface area contributed by atoms with Crippen molar-refractivity contribution in [2.45, 2.75) is 25.9 Å². The van der Waals surface area contributed by atoms with Crippen LogP contribution in [0.5, 0.6) is 0 Å². The highest BCUT2D eigenvalue weighted by molar-refractivity contribution is 5.92. The highest BCUT2D eigenvalue weighted by Gasteiger charge is 2.41. The Bertz CT molecular complexity index is 913. The van der Waals surface area contributed by atoms with E-state index in [0.717, 1.165) is 11.1 Å². The van der Waals surface area contributed by atoms with Gasteiger partial charge in [-0.2, -0.15) is 4.98 Å². The van der Waals surface area contributed by atoms with Gasteiger partial charge in [0.1, 0.15) is 5.52 Å². The molecule has 122 valence electrons. The first-order chi connectivity index (χ1) is 11.5. The topological polar surface area (TPSA) is 68.5 Å². The lowest BCUT2D eigenvalue weighted by Crippen LogP contribution is -2.35. The number of oxazole rings is 1. The summed E-state index contributed by atoms with van der Waals surface area (Å²) in [5, 5.41) is 0. The molecule has 0 atom stereocenters. The molecule has 1 aromatic carbocycles. The van der Waals surface area contributed by atoms with E-state index in [1.54, 1.807) is 24.5 Å². The Labute approximate surface area is 139 Å². The highest BCUT2D eigenvalue weighted by Crippen LogP contribution is 2.43. The van der Waals surface area contributed by atoms with E-state index in [-0.39, 0.29) is 11.5 Å². The number of carbonyl (C=O) groups is 1. The number of methoxy groups -OCH3 is 1.